The van der Waals surface area contributed by atoms with Gasteiger partial charge in [0.15, 0.2) is 0 Å². The number of rotatable bonds is 4. The third-order valence-electron chi connectivity index (χ3n) is 3.26. The van der Waals surface area contributed by atoms with Crippen LogP contribution in [0.2, 0.25) is 0 Å². The Kier molecular flexibility index (Phi) is 4.72. The summed E-state index contributed by atoms with van der Waals surface area (Å²) in [4.78, 5) is 0. The summed E-state index contributed by atoms with van der Waals surface area (Å²) in [7, 11) is 0. The minimum absolute atomic E-state index is 0.183. The zero-order valence-corrected chi connectivity index (χ0v) is 12.7. The van der Waals surface area contributed by atoms with E-state index in [2.05, 4.69) is 40.3 Å². The summed E-state index contributed by atoms with van der Waals surface area (Å²) in [6.07, 6.45) is 0. The number of benzene rings is 2. The average molecular weight is 322 g/mol. The van der Waals surface area contributed by atoms with E-state index in [1.165, 1.54) is 11.6 Å². The van der Waals surface area contributed by atoms with E-state index < -0.39 is 0 Å². The molecule has 0 fully saturated rings. The summed E-state index contributed by atoms with van der Waals surface area (Å²) in [6.45, 7) is 4.77. The average Bonchev–Trinajstić information content (AvgIpc) is 2.39. The molecule has 0 aliphatic heterocycles. The van der Waals surface area contributed by atoms with Crippen LogP contribution in [0.3, 0.4) is 0 Å². The highest BCUT2D eigenvalue weighted by Gasteiger charge is 2.07. The molecule has 0 saturated heterocycles. The monoisotopic (exact) mass is 321 g/mol. The SMILES string of the molecule is Cc1ccc(F)cc1CNC(C)c1cccc(Br)c1. The van der Waals surface area contributed by atoms with Gasteiger partial charge in [0, 0.05) is 17.1 Å². The largest absolute Gasteiger partial charge is 0.306 e. The molecule has 1 nitrogen and oxygen atoms in total. The molecule has 2 aromatic rings. The molecule has 1 unspecified atom stereocenters. The molecule has 0 aliphatic carbocycles. The zero-order chi connectivity index (χ0) is 13.8. The van der Waals surface area contributed by atoms with Crippen molar-refractivity contribution in [1.82, 2.24) is 5.32 Å². The van der Waals surface area contributed by atoms with Crippen molar-refractivity contribution in [2.75, 3.05) is 0 Å². The fourth-order valence-electron chi connectivity index (χ4n) is 1.99. The third-order valence-corrected chi connectivity index (χ3v) is 3.75. The molecule has 0 saturated carbocycles. The number of nitrogens with one attached hydrogen (secondary N) is 1. The van der Waals surface area contributed by atoms with Gasteiger partial charge in [-0.2, -0.15) is 0 Å². The normalized spacial score (nSPS) is 12.4. The van der Waals surface area contributed by atoms with Gasteiger partial charge in [-0.3, -0.25) is 0 Å². The topological polar surface area (TPSA) is 12.0 Å². The van der Waals surface area contributed by atoms with Gasteiger partial charge in [-0.05, 0) is 54.8 Å². The first kappa shape index (κ1) is 14.2. The van der Waals surface area contributed by atoms with Crippen molar-refractivity contribution in [3.63, 3.8) is 0 Å². The molecule has 1 N–H and O–H groups in total. The molecule has 2 aromatic carbocycles. The maximum absolute atomic E-state index is 13.2. The minimum atomic E-state index is -0.183. The molecule has 19 heavy (non-hydrogen) atoms. The van der Waals surface area contributed by atoms with Gasteiger partial charge in [0.1, 0.15) is 5.82 Å². The van der Waals surface area contributed by atoms with E-state index in [1.54, 1.807) is 6.07 Å². The molecule has 0 bridgehead atoms. The fraction of sp³-hybridized carbons (Fsp3) is 0.250. The van der Waals surface area contributed by atoms with Crippen LogP contribution in [0.15, 0.2) is 46.9 Å². The van der Waals surface area contributed by atoms with Crippen LogP contribution in [0, 0.1) is 12.7 Å². The highest BCUT2D eigenvalue weighted by molar-refractivity contribution is 9.10. The summed E-state index contributed by atoms with van der Waals surface area (Å²) in [6, 6.07) is 13.3. The predicted molar refractivity (Wildman–Crippen MR) is 80.5 cm³/mol. The lowest BCUT2D eigenvalue weighted by Gasteiger charge is -2.15. The van der Waals surface area contributed by atoms with Crippen molar-refractivity contribution in [3.8, 4) is 0 Å². The Morgan fingerprint density at radius 1 is 1.21 bits per heavy atom. The summed E-state index contributed by atoms with van der Waals surface area (Å²) in [5.74, 6) is -0.183. The van der Waals surface area contributed by atoms with E-state index in [9.17, 15) is 4.39 Å². The maximum Gasteiger partial charge on any atom is 0.123 e. The van der Waals surface area contributed by atoms with Gasteiger partial charge in [0.25, 0.3) is 0 Å². The second kappa shape index (κ2) is 6.31. The summed E-state index contributed by atoms with van der Waals surface area (Å²) in [5, 5.41) is 3.42. The van der Waals surface area contributed by atoms with Crippen LogP contribution in [-0.2, 0) is 6.54 Å². The van der Waals surface area contributed by atoms with E-state index in [1.807, 2.05) is 25.1 Å². The molecule has 1 atom stereocenters. The van der Waals surface area contributed by atoms with E-state index in [0.29, 0.717) is 6.54 Å². The Labute approximate surface area is 122 Å². The van der Waals surface area contributed by atoms with Crippen LogP contribution in [0.25, 0.3) is 0 Å². The fourth-order valence-corrected chi connectivity index (χ4v) is 2.40. The Morgan fingerprint density at radius 2 is 2.00 bits per heavy atom. The first-order chi connectivity index (χ1) is 9.06. The van der Waals surface area contributed by atoms with Crippen molar-refractivity contribution in [3.05, 3.63) is 69.4 Å². The van der Waals surface area contributed by atoms with Crippen molar-refractivity contribution in [2.24, 2.45) is 0 Å². The van der Waals surface area contributed by atoms with E-state index >= 15 is 0 Å². The standard InChI is InChI=1S/C16H17BrFN/c1-11-6-7-16(18)9-14(11)10-19-12(2)13-4-3-5-15(17)8-13/h3-9,12,19H,10H2,1-2H3. The molecular formula is C16H17BrFN. The van der Waals surface area contributed by atoms with Gasteiger partial charge in [-0.15, -0.1) is 0 Å². The van der Waals surface area contributed by atoms with Crippen LogP contribution in [0.1, 0.15) is 29.7 Å². The Bertz CT molecular complexity index is 568. The van der Waals surface area contributed by atoms with Crippen molar-refractivity contribution in [1.29, 1.82) is 0 Å². The molecule has 0 aliphatic rings. The molecule has 0 radical (unpaired) electrons. The highest BCUT2D eigenvalue weighted by Crippen LogP contribution is 2.19. The Balaban J connectivity index is 2.04. The second-order valence-corrected chi connectivity index (χ2v) is 5.64. The molecule has 3 heteroatoms. The van der Waals surface area contributed by atoms with Crippen LogP contribution in [0.4, 0.5) is 4.39 Å². The van der Waals surface area contributed by atoms with Crippen LogP contribution < -0.4 is 5.32 Å². The number of halogens is 2. The van der Waals surface area contributed by atoms with Gasteiger partial charge in [-0.25, -0.2) is 4.39 Å². The van der Waals surface area contributed by atoms with E-state index in [-0.39, 0.29) is 11.9 Å². The summed E-state index contributed by atoms with van der Waals surface area (Å²) < 4.78 is 14.3. The van der Waals surface area contributed by atoms with Crippen LogP contribution >= 0.6 is 15.9 Å². The second-order valence-electron chi connectivity index (χ2n) is 4.73. The molecule has 100 valence electrons. The molecular weight excluding hydrogens is 305 g/mol. The lowest BCUT2D eigenvalue weighted by Crippen LogP contribution is -2.18. The van der Waals surface area contributed by atoms with Gasteiger partial charge >= 0.3 is 0 Å². The van der Waals surface area contributed by atoms with Crippen molar-refractivity contribution < 1.29 is 4.39 Å². The van der Waals surface area contributed by atoms with Gasteiger partial charge in [0.2, 0.25) is 0 Å². The lowest BCUT2D eigenvalue weighted by molar-refractivity contribution is 0.567. The first-order valence-corrected chi connectivity index (χ1v) is 7.09. The quantitative estimate of drug-likeness (QED) is 0.857. The predicted octanol–water partition coefficient (Wildman–Crippen LogP) is 4.75. The smallest absolute Gasteiger partial charge is 0.123 e. The highest BCUT2D eigenvalue weighted by atomic mass is 79.9. The lowest BCUT2D eigenvalue weighted by atomic mass is 10.1. The molecule has 0 amide bonds. The van der Waals surface area contributed by atoms with Gasteiger partial charge in [0.05, 0.1) is 0 Å². The Hall–Kier alpha value is -1.19. The molecule has 0 aromatic heterocycles. The third kappa shape index (κ3) is 3.88. The van der Waals surface area contributed by atoms with E-state index in [4.69, 9.17) is 0 Å². The Morgan fingerprint density at radius 3 is 2.74 bits per heavy atom. The first-order valence-electron chi connectivity index (χ1n) is 6.30. The number of hydrogen-bond acceptors (Lipinski definition) is 1. The molecule has 0 spiro atoms. The van der Waals surface area contributed by atoms with E-state index in [0.717, 1.165) is 15.6 Å². The van der Waals surface area contributed by atoms with Crippen LogP contribution in [-0.4, -0.2) is 0 Å². The summed E-state index contributed by atoms with van der Waals surface area (Å²) in [5.41, 5.74) is 3.32. The number of aryl methyl sites for hydroxylation is 1. The molecule has 2 rings (SSSR count). The number of hydrogen-bond donors (Lipinski definition) is 1. The minimum Gasteiger partial charge on any atom is -0.306 e. The van der Waals surface area contributed by atoms with Gasteiger partial charge < -0.3 is 5.32 Å². The maximum atomic E-state index is 13.2. The molecule has 0 heterocycles. The van der Waals surface area contributed by atoms with Crippen molar-refractivity contribution in [2.45, 2.75) is 26.4 Å². The van der Waals surface area contributed by atoms with Gasteiger partial charge in [-0.1, -0.05) is 34.1 Å². The summed E-state index contributed by atoms with van der Waals surface area (Å²) >= 11 is 3.47. The van der Waals surface area contributed by atoms with Crippen LogP contribution in [0.5, 0.6) is 0 Å². The zero-order valence-electron chi connectivity index (χ0n) is 11.1. The van der Waals surface area contributed by atoms with Crippen molar-refractivity contribution >= 4 is 15.9 Å².